The smallest absolute Gasteiger partial charge is 0.137 e. The van der Waals surface area contributed by atoms with E-state index in [0.29, 0.717) is 4.47 Å². The maximum absolute atomic E-state index is 13.3. The van der Waals surface area contributed by atoms with Crippen LogP contribution >= 0.6 is 27.3 Å². The molecule has 1 atom stereocenters. The summed E-state index contributed by atoms with van der Waals surface area (Å²) >= 11 is 4.83. The van der Waals surface area contributed by atoms with E-state index < -0.39 is 0 Å². The Balaban J connectivity index is 2.30. The van der Waals surface area contributed by atoms with Crippen molar-refractivity contribution in [2.75, 3.05) is 6.54 Å². The standard InChI is InChI=1S/C13H14BrFN2S/c1-2-5-16-12(13-17-6-7-18-13)9-3-4-11(15)10(14)8-9/h3-4,6-8,12,16H,2,5H2,1H3. The number of nitrogens with zero attached hydrogens (tertiary/aromatic N) is 1. The van der Waals surface area contributed by atoms with Gasteiger partial charge in [-0.15, -0.1) is 11.3 Å². The van der Waals surface area contributed by atoms with Crippen molar-refractivity contribution in [1.82, 2.24) is 10.3 Å². The maximum Gasteiger partial charge on any atom is 0.137 e. The van der Waals surface area contributed by atoms with Crippen LogP contribution in [0, 0.1) is 5.82 Å². The van der Waals surface area contributed by atoms with Gasteiger partial charge in [-0.2, -0.15) is 0 Å². The SMILES string of the molecule is CCCNC(c1ccc(F)c(Br)c1)c1nccs1. The lowest BCUT2D eigenvalue weighted by molar-refractivity contribution is 0.589. The fraction of sp³-hybridized carbons (Fsp3) is 0.308. The molecule has 0 bridgehead atoms. The van der Waals surface area contributed by atoms with Crippen molar-refractivity contribution >= 4 is 27.3 Å². The first-order chi connectivity index (χ1) is 8.72. The summed E-state index contributed by atoms with van der Waals surface area (Å²) in [4.78, 5) is 4.34. The van der Waals surface area contributed by atoms with E-state index in [1.54, 1.807) is 23.6 Å². The van der Waals surface area contributed by atoms with E-state index in [9.17, 15) is 4.39 Å². The van der Waals surface area contributed by atoms with Gasteiger partial charge in [-0.05, 0) is 46.6 Å². The normalized spacial score (nSPS) is 12.6. The molecule has 0 aliphatic heterocycles. The predicted molar refractivity (Wildman–Crippen MR) is 76.4 cm³/mol. The van der Waals surface area contributed by atoms with Gasteiger partial charge in [-0.25, -0.2) is 9.37 Å². The first-order valence-corrected chi connectivity index (χ1v) is 7.47. The number of hydrogen-bond acceptors (Lipinski definition) is 3. The molecular formula is C13H14BrFN2S. The second-order valence-corrected chi connectivity index (χ2v) is 5.71. The minimum absolute atomic E-state index is 0.0295. The molecule has 0 spiro atoms. The summed E-state index contributed by atoms with van der Waals surface area (Å²) in [6.07, 6.45) is 2.84. The summed E-state index contributed by atoms with van der Waals surface area (Å²) in [5.74, 6) is -0.243. The average molecular weight is 329 g/mol. The van der Waals surface area contributed by atoms with Gasteiger partial charge in [0.2, 0.25) is 0 Å². The van der Waals surface area contributed by atoms with Crippen LogP contribution in [0.2, 0.25) is 0 Å². The molecule has 0 amide bonds. The minimum Gasteiger partial charge on any atom is -0.304 e. The Labute approximate surface area is 118 Å². The third kappa shape index (κ3) is 3.16. The van der Waals surface area contributed by atoms with Crippen molar-refractivity contribution in [3.05, 3.63) is 50.6 Å². The topological polar surface area (TPSA) is 24.9 Å². The largest absolute Gasteiger partial charge is 0.304 e. The fourth-order valence-corrected chi connectivity index (χ4v) is 2.84. The molecule has 5 heteroatoms. The first-order valence-electron chi connectivity index (χ1n) is 5.80. The van der Waals surface area contributed by atoms with Gasteiger partial charge in [-0.3, -0.25) is 0 Å². The van der Waals surface area contributed by atoms with E-state index in [4.69, 9.17) is 0 Å². The lowest BCUT2D eigenvalue weighted by Crippen LogP contribution is -2.23. The molecule has 2 rings (SSSR count). The highest BCUT2D eigenvalue weighted by molar-refractivity contribution is 9.10. The monoisotopic (exact) mass is 328 g/mol. The van der Waals surface area contributed by atoms with Crippen LogP contribution in [0.15, 0.2) is 34.2 Å². The highest BCUT2D eigenvalue weighted by Crippen LogP contribution is 2.27. The molecule has 96 valence electrons. The van der Waals surface area contributed by atoms with E-state index in [2.05, 4.69) is 33.2 Å². The van der Waals surface area contributed by atoms with Gasteiger partial charge in [0.1, 0.15) is 10.8 Å². The van der Waals surface area contributed by atoms with Gasteiger partial charge in [0.15, 0.2) is 0 Å². The second-order valence-electron chi connectivity index (χ2n) is 3.93. The van der Waals surface area contributed by atoms with Crippen molar-refractivity contribution < 1.29 is 4.39 Å². The third-order valence-corrected chi connectivity index (χ3v) is 4.02. The molecule has 0 saturated heterocycles. The Morgan fingerprint density at radius 3 is 2.94 bits per heavy atom. The molecule has 0 fully saturated rings. The Hall–Kier alpha value is -0.780. The van der Waals surface area contributed by atoms with Gasteiger partial charge >= 0.3 is 0 Å². The highest BCUT2D eigenvalue weighted by Gasteiger charge is 2.16. The van der Waals surface area contributed by atoms with Gasteiger partial charge in [0.25, 0.3) is 0 Å². The molecule has 1 aromatic heterocycles. The zero-order valence-corrected chi connectivity index (χ0v) is 12.4. The Morgan fingerprint density at radius 2 is 2.33 bits per heavy atom. The van der Waals surface area contributed by atoms with Gasteiger partial charge in [-0.1, -0.05) is 13.0 Å². The third-order valence-electron chi connectivity index (χ3n) is 2.57. The molecule has 1 unspecified atom stereocenters. The zero-order chi connectivity index (χ0) is 13.0. The molecule has 18 heavy (non-hydrogen) atoms. The van der Waals surface area contributed by atoms with Crippen molar-refractivity contribution in [3.63, 3.8) is 0 Å². The number of rotatable bonds is 5. The van der Waals surface area contributed by atoms with Crippen molar-refractivity contribution in [2.24, 2.45) is 0 Å². The second kappa shape index (κ2) is 6.41. The molecule has 2 nitrogen and oxygen atoms in total. The number of aromatic nitrogens is 1. The van der Waals surface area contributed by atoms with Crippen LogP contribution in [0.4, 0.5) is 4.39 Å². The van der Waals surface area contributed by atoms with E-state index in [1.807, 2.05) is 11.4 Å². The summed E-state index contributed by atoms with van der Waals surface area (Å²) in [5, 5.41) is 6.39. The highest BCUT2D eigenvalue weighted by atomic mass is 79.9. The Bertz CT molecular complexity index is 502. The zero-order valence-electron chi connectivity index (χ0n) is 9.99. The molecule has 1 heterocycles. The van der Waals surface area contributed by atoms with Crippen molar-refractivity contribution in [3.8, 4) is 0 Å². The van der Waals surface area contributed by atoms with Crippen LogP contribution in [0.5, 0.6) is 0 Å². The van der Waals surface area contributed by atoms with Crippen LogP contribution in [0.1, 0.15) is 30.0 Å². The van der Waals surface area contributed by atoms with E-state index in [0.717, 1.165) is 23.5 Å². The summed E-state index contributed by atoms with van der Waals surface area (Å²) in [5.41, 5.74) is 1.02. The van der Waals surface area contributed by atoms with Gasteiger partial charge in [0.05, 0.1) is 10.5 Å². The van der Waals surface area contributed by atoms with Gasteiger partial charge < -0.3 is 5.32 Å². The Kier molecular flexibility index (Phi) is 4.86. The Morgan fingerprint density at radius 1 is 1.50 bits per heavy atom. The average Bonchev–Trinajstić information content (AvgIpc) is 2.88. The first kappa shape index (κ1) is 13.6. The van der Waals surface area contributed by atoms with Crippen LogP contribution in [-0.2, 0) is 0 Å². The molecule has 1 aromatic carbocycles. The lowest BCUT2D eigenvalue weighted by Gasteiger charge is -2.17. The maximum atomic E-state index is 13.3. The number of thiazole rings is 1. The quantitative estimate of drug-likeness (QED) is 0.892. The number of hydrogen-bond donors (Lipinski definition) is 1. The van der Waals surface area contributed by atoms with Crippen LogP contribution < -0.4 is 5.32 Å². The van der Waals surface area contributed by atoms with Crippen LogP contribution in [-0.4, -0.2) is 11.5 Å². The molecule has 1 N–H and O–H groups in total. The molecular weight excluding hydrogens is 315 g/mol. The molecule has 0 saturated carbocycles. The summed E-state index contributed by atoms with van der Waals surface area (Å²) in [6.45, 7) is 3.02. The molecule has 0 radical (unpaired) electrons. The summed E-state index contributed by atoms with van der Waals surface area (Å²) in [6, 6.07) is 5.12. The number of nitrogens with one attached hydrogen (secondary N) is 1. The van der Waals surface area contributed by atoms with Crippen LogP contribution in [0.3, 0.4) is 0 Å². The van der Waals surface area contributed by atoms with Crippen molar-refractivity contribution in [2.45, 2.75) is 19.4 Å². The van der Waals surface area contributed by atoms with Crippen LogP contribution in [0.25, 0.3) is 0 Å². The van der Waals surface area contributed by atoms with Gasteiger partial charge in [0, 0.05) is 11.6 Å². The van der Waals surface area contributed by atoms with E-state index in [-0.39, 0.29) is 11.9 Å². The van der Waals surface area contributed by atoms with Crippen molar-refractivity contribution in [1.29, 1.82) is 0 Å². The predicted octanol–water partition coefficient (Wildman–Crippen LogP) is 4.13. The summed E-state index contributed by atoms with van der Waals surface area (Å²) in [7, 11) is 0. The van der Waals surface area contributed by atoms with E-state index >= 15 is 0 Å². The molecule has 2 aromatic rings. The molecule has 0 aliphatic carbocycles. The van der Waals surface area contributed by atoms with E-state index in [1.165, 1.54) is 6.07 Å². The number of benzene rings is 1. The molecule has 0 aliphatic rings. The lowest BCUT2D eigenvalue weighted by atomic mass is 10.1. The summed E-state index contributed by atoms with van der Waals surface area (Å²) < 4.78 is 13.8. The number of halogens is 2. The fourth-order valence-electron chi connectivity index (χ4n) is 1.71. The minimum atomic E-state index is -0.243.